The molecule has 8 heteroatoms. The van der Waals surface area contributed by atoms with Crippen LogP contribution < -0.4 is 5.56 Å². The number of alkyl halides is 3. The average Bonchev–Trinajstić information content (AvgIpc) is 2.27. The molecule has 0 aliphatic heterocycles. The molecular weight excluding hydrogens is 277 g/mol. The highest BCUT2D eigenvalue weighted by Gasteiger charge is 2.35. The maximum atomic E-state index is 12.6. The van der Waals surface area contributed by atoms with Crippen molar-refractivity contribution in [2.45, 2.75) is 37.9 Å². The van der Waals surface area contributed by atoms with E-state index >= 15 is 0 Å². The SMILES string of the molecule is O=C(O)C(CC1CCC1)n1cc(C(F)(F)F)ncc1=O. The number of carbonyl (C=O) groups is 1. The number of hydrogen-bond donors (Lipinski definition) is 1. The van der Waals surface area contributed by atoms with Crippen LogP contribution in [0.25, 0.3) is 0 Å². The molecule has 5 nitrogen and oxygen atoms in total. The molecule has 2 rings (SSSR count). The quantitative estimate of drug-likeness (QED) is 0.921. The van der Waals surface area contributed by atoms with Gasteiger partial charge in [-0.2, -0.15) is 13.2 Å². The third-order valence-electron chi connectivity index (χ3n) is 3.52. The predicted molar refractivity (Wildman–Crippen MR) is 62.1 cm³/mol. The molecule has 0 bridgehead atoms. The van der Waals surface area contributed by atoms with Gasteiger partial charge < -0.3 is 5.11 Å². The second-order valence-corrected chi connectivity index (χ2v) is 4.90. The Labute approximate surface area is 112 Å². The van der Waals surface area contributed by atoms with E-state index in [-0.39, 0.29) is 12.3 Å². The Kier molecular flexibility index (Phi) is 3.82. The molecule has 1 aromatic heterocycles. The fourth-order valence-corrected chi connectivity index (χ4v) is 2.19. The first-order valence-corrected chi connectivity index (χ1v) is 6.17. The summed E-state index contributed by atoms with van der Waals surface area (Å²) in [5, 5.41) is 9.15. The van der Waals surface area contributed by atoms with Gasteiger partial charge in [-0.25, -0.2) is 9.78 Å². The lowest BCUT2D eigenvalue weighted by Gasteiger charge is -2.28. The molecule has 1 aromatic rings. The van der Waals surface area contributed by atoms with Crippen LogP contribution in [0.15, 0.2) is 17.2 Å². The molecule has 1 heterocycles. The maximum absolute atomic E-state index is 12.6. The van der Waals surface area contributed by atoms with Gasteiger partial charge in [-0.1, -0.05) is 19.3 Å². The highest BCUT2D eigenvalue weighted by Crippen LogP contribution is 2.34. The smallest absolute Gasteiger partial charge is 0.434 e. The van der Waals surface area contributed by atoms with Gasteiger partial charge in [0.2, 0.25) is 0 Å². The van der Waals surface area contributed by atoms with E-state index in [4.69, 9.17) is 5.11 Å². The molecular formula is C12H13F3N2O3. The largest absolute Gasteiger partial charge is 0.480 e. The Morgan fingerprint density at radius 1 is 1.50 bits per heavy atom. The summed E-state index contributed by atoms with van der Waals surface area (Å²) in [5.74, 6) is -1.16. The van der Waals surface area contributed by atoms with Gasteiger partial charge >= 0.3 is 12.1 Å². The van der Waals surface area contributed by atoms with Crippen LogP contribution in [0.2, 0.25) is 0 Å². The third-order valence-corrected chi connectivity index (χ3v) is 3.52. The van der Waals surface area contributed by atoms with Crippen molar-refractivity contribution in [3.8, 4) is 0 Å². The monoisotopic (exact) mass is 290 g/mol. The Morgan fingerprint density at radius 3 is 2.60 bits per heavy atom. The maximum Gasteiger partial charge on any atom is 0.434 e. The van der Waals surface area contributed by atoms with Gasteiger partial charge in [-0.3, -0.25) is 9.36 Å². The molecule has 0 saturated heterocycles. The summed E-state index contributed by atoms with van der Waals surface area (Å²) in [6, 6.07) is -1.28. The van der Waals surface area contributed by atoms with Gasteiger partial charge in [0.15, 0.2) is 5.69 Å². The zero-order valence-electron chi connectivity index (χ0n) is 10.4. The zero-order chi connectivity index (χ0) is 14.9. The van der Waals surface area contributed by atoms with E-state index in [1.807, 2.05) is 0 Å². The Morgan fingerprint density at radius 2 is 2.15 bits per heavy atom. The molecule has 110 valence electrons. The van der Waals surface area contributed by atoms with Gasteiger partial charge in [-0.15, -0.1) is 0 Å². The zero-order valence-corrected chi connectivity index (χ0v) is 10.4. The van der Waals surface area contributed by atoms with Crippen LogP contribution in [0.5, 0.6) is 0 Å². The van der Waals surface area contributed by atoms with Crippen LogP contribution in [0, 0.1) is 5.92 Å². The van der Waals surface area contributed by atoms with Crippen LogP contribution in [0.1, 0.15) is 37.4 Å². The first kappa shape index (κ1) is 14.5. The van der Waals surface area contributed by atoms with Crippen LogP contribution in [0.4, 0.5) is 13.2 Å². The Balaban J connectivity index is 2.36. The molecule has 1 saturated carbocycles. The van der Waals surface area contributed by atoms with Gasteiger partial charge in [0, 0.05) is 6.20 Å². The average molecular weight is 290 g/mol. The summed E-state index contributed by atoms with van der Waals surface area (Å²) in [6.07, 6.45) is -0.883. The van der Waals surface area contributed by atoms with Crippen molar-refractivity contribution >= 4 is 5.97 Å². The first-order chi connectivity index (χ1) is 9.29. The fraction of sp³-hybridized carbons (Fsp3) is 0.583. The summed E-state index contributed by atoms with van der Waals surface area (Å²) in [6.45, 7) is 0. The summed E-state index contributed by atoms with van der Waals surface area (Å²) in [4.78, 5) is 25.8. The molecule has 1 fully saturated rings. The molecule has 1 N–H and O–H groups in total. The molecule has 0 radical (unpaired) electrons. The molecule has 1 atom stereocenters. The van der Waals surface area contributed by atoms with Crippen LogP contribution >= 0.6 is 0 Å². The van der Waals surface area contributed by atoms with Crippen LogP contribution in [0.3, 0.4) is 0 Å². The number of carboxylic acid groups (broad SMARTS) is 1. The number of nitrogens with zero attached hydrogens (tertiary/aromatic N) is 2. The van der Waals surface area contributed by atoms with E-state index in [1.165, 1.54) is 0 Å². The summed E-state index contributed by atoms with van der Waals surface area (Å²) < 4.78 is 38.4. The predicted octanol–water partition coefficient (Wildman–Crippen LogP) is 2.08. The van der Waals surface area contributed by atoms with E-state index in [2.05, 4.69) is 4.98 Å². The summed E-state index contributed by atoms with van der Waals surface area (Å²) in [5.41, 5.74) is -2.11. The molecule has 0 amide bonds. The van der Waals surface area contributed by atoms with Crippen molar-refractivity contribution in [1.82, 2.24) is 9.55 Å². The van der Waals surface area contributed by atoms with E-state index in [9.17, 15) is 22.8 Å². The van der Waals surface area contributed by atoms with E-state index in [0.717, 1.165) is 19.3 Å². The number of aromatic nitrogens is 2. The lowest BCUT2D eigenvalue weighted by molar-refractivity contribution is -0.144. The molecule has 1 unspecified atom stereocenters. The standard InChI is InChI=1S/C12H13F3N2O3/c13-12(14,15)9-6-17(10(18)5-16-9)8(11(19)20)4-7-2-1-3-7/h5-8H,1-4H2,(H,19,20). The van der Waals surface area contributed by atoms with Crippen molar-refractivity contribution < 1.29 is 23.1 Å². The minimum atomic E-state index is -4.71. The molecule has 1 aliphatic carbocycles. The second kappa shape index (κ2) is 5.26. The van der Waals surface area contributed by atoms with Crippen LogP contribution in [-0.4, -0.2) is 20.6 Å². The molecule has 0 spiro atoms. The normalized spacial score (nSPS) is 17.6. The van der Waals surface area contributed by atoms with Gasteiger partial charge in [0.1, 0.15) is 6.04 Å². The molecule has 20 heavy (non-hydrogen) atoms. The second-order valence-electron chi connectivity index (χ2n) is 4.90. The van der Waals surface area contributed by atoms with Gasteiger partial charge in [0.05, 0.1) is 6.20 Å². The van der Waals surface area contributed by atoms with Gasteiger partial charge in [-0.05, 0) is 12.3 Å². The van der Waals surface area contributed by atoms with Crippen LogP contribution in [-0.2, 0) is 11.0 Å². The van der Waals surface area contributed by atoms with Crippen molar-refractivity contribution in [2.24, 2.45) is 5.92 Å². The van der Waals surface area contributed by atoms with Crippen molar-refractivity contribution in [3.05, 3.63) is 28.4 Å². The lowest BCUT2D eigenvalue weighted by Crippen LogP contribution is -2.33. The summed E-state index contributed by atoms with van der Waals surface area (Å²) in [7, 11) is 0. The van der Waals surface area contributed by atoms with E-state index < -0.39 is 29.4 Å². The number of aliphatic carboxylic acids is 1. The molecule has 1 aliphatic rings. The Hall–Kier alpha value is -1.86. The fourth-order valence-electron chi connectivity index (χ4n) is 2.19. The van der Waals surface area contributed by atoms with Crippen molar-refractivity contribution in [2.75, 3.05) is 0 Å². The minimum absolute atomic E-state index is 0.144. The summed E-state index contributed by atoms with van der Waals surface area (Å²) >= 11 is 0. The number of rotatable bonds is 4. The number of carboxylic acids is 1. The first-order valence-electron chi connectivity index (χ1n) is 6.17. The van der Waals surface area contributed by atoms with Gasteiger partial charge in [0.25, 0.3) is 5.56 Å². The topological polar surface area (TPSA) is 72.2 Å². The minimum Gasteiger partial charge on any atom is -0.480 e. The Bertz CT molecular complexity index is 564. The number of hydrogen-bond acceptors (Lipinski definition) is 3. The van der Waals surface area contributed by atoms with Crippen molar-refractivity contribution in [1.29, 1.82) is 0 Å². The lowest BCUT2D eigenvalue weighted by atomic mass is 9.81. The highest BCUT2D eigenvalue weighted by molar-refractivity contribution is 5.71. The number of halogens is 3. The molecule has 0 aromatic carbocycles. The van der Waals surface area contributed by atoms with E-state index in [1.54, 1.807) is 0 Å². The highest BCUT2D eigenvalue weighted by atomic mass is 19.4. The third kappa shape index (κ3) is 3.00. The van der Waals surface area contributed by atoms with E-state index in [0.29, 0.717) is 17.0 Å². The van der Waals surface area contributed by atoms with Crippen molar-refractivity contribution in [3.63, 3.8) is 0 Å².